The average molecular weight is 265 g/mol. The third-order valence-electron chi connectivity index (χ3n) is 2.58. The normalized spacial score (nSPS) is 10.3. The molecular weight excluding hydrogens is 255 g/mol. The van der Waals surface area contributed by atoms with Crippen LogP contribution in [0.4, 0.5) is 10.2 Å². The van der Waals surface area contributed by atoms with Crippen molar-refractivity contribution in [1.29, 1.82) is 0 Å². The van der Waals surface area contributed by atoms with Gasteiger partial charge in [0.15, 0.2) is 5.65 Å². The number of aromatic nitrogens is 3. The molecule has 3 aromatic rings. The number of benzene rings is 1. The molecule has 0 aliphatic rings. The first-order valence-corrected chi connectivity index (χ1v) is 5.09. The van der Waals surface area contributed by atoms with Crippen molar-refractivity contribution in [3.05, 3.63) is 48.7 Å². The first-order chi connectivity index (χ1) is 8.25. The van der Waals surface area contributed by atoms with Gasteiger partial charge in [-0.05, 0) is 24.3 Å². The second kappa shape index (κ2) is 4.62. The zero-order valence-corrected chi connectivity index (χ0v) is 10.1. The smallest absolute Gasteiger partial charge is 0.157 e. The van der Waals surface area contributed by atoms with Crippen molar-refractivity contribution < 1.29 is 4.39 Å². The highest BCUT2D eigenvalue weighted by molar-refractivity contribution is 5.85. The standard InChI is InChI=1S/C12H9FN4.ClH/c13-9-3-1-8(2-4-9)11-12(14)17-6-5-15-7-10(17)16-11;/h1-7H,14H2;1H. The van der Waals surface area contributed by atoms with Crippen LogP contribution in [0.25, 0.3) is 16.9 Å². The van der Waals surface area contributed by atoms with Crippen molar-refractivity contribution in [3.8, 4) is 11.3 Å². The van der Waals surface area contributed by atoms with Crippen molar-refractivity contribution in [3.63, 3.8) is 0 Å². The molecule has 18 heavy (non-hydrogen) atoms. The summed E-state index contributed by atoms with van der Waals surface area (Å²) in [6.07, 6.45) is 5.01. The van der Waals surface area contributed by atoms with Gasteiger partial charge in [-0.15, -0.1) is 12.4 Å². The number of hydrogen-bond donors (Lipinski definition) is 1. The van der Waals surface area contributed by atoms with E-state index in [-0.39, 0.29) is 18.2 Å². The molecule has 3 rings (SSSR count). The highest BCUT2D eigenvalue weighted by Gasteiger charge is 2.10. The van der Waals surface area contributed by atoms with Gasteiger partial charge >= 0.3 is 0 Å². The molecule has 0 atom stereocenters. The van der Waals surface area contributed by atoms with Gasteiger partial charge < -0.3 is 5.73 Å². The van der Waals surface area contributed by atoms with Crippen LogP contribution in [0.5, 0.6) is 0 Å². The second-order valence-electron chi connectivity index (χ2n) is 3.66. The second-order valence-corrected chi connectivity index (χ2v) is 3.66. The maximum atomic E-state index is 12.8. The van der Waals surface area contributed by atoms with Crippen molar-refractivity contribution in [2.75, 3.05) is 5.73 Å². The number of hydrogen-bond acceptors (Lipinski definition) is 3. The average Bonchev–Trinajstić information content (AvgIpc) is 2.69. The molecule has 2 aromatic heterocycles. The number of halogens is 2. The van der Waals surface area contributed by atoms with Gasteiger partial charge in [0.05, 0.1) is 6.20 Å². The summed E-state index contributed by atoms with van der Waals surface area (Å²) in [7, 11) is 0. The maximum Gasteiger partial charge on any atom is 0.157 e. The monoisotopic (exact) mass is 264 g/mol. The van der Waals surface area contributed by atoms with E-state index in [1.165, 1.54) is 12.1 Å². The lowest BCUT2D eigenvalue weighted by molar-refractivity contribution is 0.628. The Kier molecular flexibility index (Phi) is 3.16. The van der Waals surface area contributed by atoms with Crippen LogP contribution < -0.4 is 5.73 Å². The van der Waals surface area contributed by atoms with E-state index in [4.69, 9.17) is 5.73 Å². The van der Waals surface area contributed by atoms with Crippen LogP contribution in [0.15, 0.2) is 42.9 Å². The van der Waals surface area contributed by atoms with E-state index in [1.54, 1.807) is 35.1 Å². The predicted octanol–water partition coefficient (Wildman–Crippen LogP) is 2.54. The molecule has 0 spiro atoms. The molecule has 0 unspecified atom stereocenters. The number of imidazole rings is 1. The minimum atomic E-state index is -0.280. The summed E-state index contributed by atoms with van der Waals surface area (Å²) in [5.41, 5.74) is 8.08. The molecule has 0 saturated carbocycles. The van der Waals surface area contributed by atoms with Gasteiger partial charge in [0.2, 0.25) is 0 Å². The van der Waals surface area contributed by atoms with Crippen LogP contribution in [-0.2, 0) is 0 Å². The number of rotatable bonds is 1. The van der Waals surface area contributed by atoms with Crippen LogP contribution in [-0.4, -0.2) is 14.4 Å². The quantitative estimate of drug-likeness (QED) is 0.735. The molecule has 0 bridgehead atoms. The number of nitrogen functional groups attached to an aromatic ring is 1. The summed E-state index contributed by atoms with van der Waals surface area (Å²) in [5.74, 6) is 0.242. The summed E-state index contributed by atoms with van der Waals surface area (Å²) in [6, 6.07) is 6.08. The number of nitrogens with zero attached hydrogens (tertiary/aromatic N) is 3. The number of fused-ring (bicyclic) bond motifs is 1. The fourth-order valence-electron chi connectivity index (χ4n) is 1.75. The van der Waals surface area contributed by atoms with Crippen molar-refractivity contribution in [1.82, 2.24) is 14.4 Å². The molecule has 6 heteroatoms. The lowest BCUT2D eigenvalue weighted by Gasteiger charge is -1.98. The first-order valence-electron chi connectivity index (χ1n) is 5.09. The molecular formula is C12H10ClFN4. The predicted molar refractivity (Wildman–Crippen MR) is 70.0 cm³/mol. The van der Waals surface area contributed by atoms with Gasteiger partial charge in [-0.25, -0.2) is 9.37 Å². The molecule has 4 nitrogen and oxygen atoms in total. The third kappa shape index (κ3) is 1.89. The Morgan fingerprint density at radius 3 is 2.56 bits per heavy atom. The fourth-order valence-corrected chi connectivity index (χ4v) is 1.75. The van der Waals surface area contributed by atoms with Gasteiger partial charge in [0.25, 0.3) is 0 Å². The summed E-state index contributed by atoms with van der Waals surface area (Å²) in [6.45, 7) is 0. The first kappa shape index (κ1) is 12.3. The van der Waals surface area contributed by atoms with Crippen molar-refractivity contribution >= 4 is 23.9 Å². The lowest BCUT2D eigenvalue weighted by Crippen LogP contribution is -1.93. The molecule has 2 N–H and O–H groups in total. The highest BCUT2D eigenvalue weighted by atomic mass is 35.5. The Hall–Kier alpha value is -2.14. The van der Waals surface area contributed by atoms with Crippen molar-refractivity contribution in [2.45, 2.75) is 0 Å². The van der Waals surface area contributed by atoms with E-state index in [0.29, 0.717) is 17.2 Å². The maximum absolute atomic E-state index is 12.8. The van der Waals surface area contributed by atoms with Crippen LogP contribution in [0.1, 0.15) is 0 Å². The Labute approximate surface area is 109 Å². The third-order valence-corrected chi connectivity index (χ3v) is 2.58. The molecule has 0 fully saturated rings. The van der Waals surface area contributed by atoms with Crippen LogP contribution in [0.2, 0.25) is 0 Å². The summed E-state index contributed by atoms with van der Waals surface area (Å²) in [4.78, 5) is 8.34. The number of nitrogens with two attached hydrogens (primary N) is 1. The van der Waals surface area contributed by atoms with Crippen LogP contribution in [0, 0.1) is 5.82 Å². The Morgan fingerprint density at radius 1 is 1.17 bits per heavy atom. The fraction of sp³-hybridized carbons (Fsp3) is 0. The molecule has 1 aromatic carbocycles. The van der Waals surface area contributed by atoms with Gasteiger partial charge in [0, 0.05) is 18.0 Å². The molecule has 92 valence electrons. The highest BCUT2D eigenvalue weighted by Crippen LogP contribution is 2.25. The van der Waals surface area contributed by atoms with Gasteiger partial charge in [0.1, 0.15) is 17.3 Å². The van der Waals surface area contributed by atoms with Gasteiger partial charge in [-0.3, -0.25) is 9.38 Å². The number of anilines is 1. The molecule has 0 aliphatic heterocycles. The SMILES string of the molecule is Cl.Nc1c(-c2ccc(F)cc2)nc2cnccn12. The summed E-state index contributed by atoms with van der Waals surface area (Å²) < 4.78 is 14.6. The zero-order chi connectivity index (χ0) is 11.8. The van der Waals surface area contributed by atoms with E-state index in [9.17, 15) is 4.39 Å². The Morgan fingerprint density at radius 2 is 1.89 bits per heavy atom. The van der Waals surface area contributed by atoms with E-state index < -0.39 is 0 Å². The Bertz CT molecular complexity index is 678. The van der Waals surface area contributed by atoms with Gasteiger partial charge in [-0.1, -0.05) is 0 Å². The molecule has 0 radical (unpaired) electrons. The molecule has 2 heterocycles. The van der Waals surface area contributed by atoms with Crippen LogP contribution in [0.3, 0.4) is 0 Å². The van der Waals surface area contributed by atoms with E-state index in [2.05, 4.69) is 9.97 Å². The van der Waals surface area contributed by atoms with E-state index in [1.807, 2.05) is 0 Å². The lowest BCUT2D eigenvalue weighted by atomic mass is 10.1. The zero-order valence-electron chi connectivity index (χ0n) is 9.25. The van der Waals surface area contributed by atoms with E-state index in [0.717, 1.165) is 5.56 Å². The van der Waals surface area contributed by atoms with Crippen LogP contribution >= 0.6 is 12.4 Å². The minimum absolute atomic E-state index is 0. The Balaban J connectivity index is 0.00000120. The van der Waals surface area contributed by atoms with E-state index >= 15 is 0 Å². The minimum Gasteiger partial charge on any atom is -0.383 e. The largest absolute Gasteiger partial charge is 0.383 e. The molecule has 0 aliphatic carbocycles. The molecule has 0 saturated heterocycles. The summed E-state index contributed by atoms with van der Waals surface area (Å²) in [5, 5.41) is 0. The summed E-state index contributed by atoms with van der Waals surface area (Å²) >= 11 is 0. The van der Waals surface area contributed by atoms with Crippen molar-refractivity contribution in [2.24, 2.45) is 0 Å². The van der Waals surface area contributed by atoms with Gasteiger partial charge in [-0.2, -0.15) is 0 Å². The topological polar surface area (TPSA) is 56.2 Å². The molecule has 0 amide bonds.